The first-order valence-corrected chi connectivity index (χ1v) is 8.07. The number of carbonyl (C=O) groups excluding carboxylic acids is 1. The fraction of sp³-hybridized carbons (Fsp3) is 0.529. The molecule has 1 fully saturated rings. The molecule has 22 heavy (non-hydrogen) atoms. The number of rotatable bonds is 5. The lowest BCUT2D eigenvalue weighted by molar-refractivity contribution is -0.134. The summed E-state index contributed by atoms with van der Waals surface area (Å²) in [5.74, 6) is 1.29. The molecule has 0 atom stereocenters. The maximum atomic E-state index is 12.6. The van der Waals surface area contributed by atoms with Gasteiger partial charge in [0.15, 0.2) is 0 Å². The van der Waals surface area contributed by atoms with E-state index in [2.05, 4.69) is 5.10 Å². The van der Waals surface area contributed by atoms with Crippen molar-refractivity contribution in [3.63, 3.8) is 0 Å². The summed E-state index contributed by atoms with van der Waals surface area (Å²) in [7, 11) is 2.01. The summed E-state index contributed by atoms with van der Waals surface area (Å²) in [6.07, 6.45) is 7.09. The Bertz CT molecular complexity index is 683. The molecular formula is C17H21N3O2. The highest BCUT2D eigenvalue weighted by atomic mass is 16.3. The first kappa shape index (κ1) is 13.6. The highest BCUT2D eigenvalue weighted by Crippen LogP contribution is 2.33. The van der Waals surface area contributed by atoms with E-state index in [9.17, 15) is 4.79 Å². The van der Waals surface area contributed by atoms with Crippen LogP contribution < -0.4 is 0 Å². The SMILES string of the molecule is Cn1nc(CN(Cc2ccco2)C(=O)C2CC2)c2c1CCC2. The summed E-state index contributed by atoms with van der Waals surface area (Å²) in [5, 5.41) is 4.66. The normalized spacial score (nSPS) is 16.8. The van der Waals surface area contributed by atoms with Gasteiger partial charge < -0.3 is 9.32 Å². The van der Waals surface area contributed by atoms with Crippen molar-refractivity contribution < 1.29 is 9.21 Å². The van der Waals surface area contributed by atoms with Gasteiger partial charge >= 0.3 is 0 Å². The molecule has 0 bridgehead atoms. The average molecular weight is 299 g/mol. The number of aromatic nitrogens is 2. The summed E-state index contributed by atoms with van der Waals surface area (Å²) < 4.78 is 7.42. The van der Waals surface area contributed by atoms with E-state index in [1.165, 1.54) is 17.7 Å². The lowest BCUT2D eigenvalue weighted by Crippen LogP contribution is -2.31. The molecule has 1 saturated carbocycles. The van der Waals surface area contributed by atoms with Crippen LogP contribution in [0.15, 0.2) is 22.8 Å². The molecule has 1 amide bonds. The number of aryl methyl sites for hydroxylation is 1. The molecule has 116 valence electrons. The molecule has 2 aliphatic rings. The Morgan fingerprint density at radius 3 is 3.00 bits per heavy atom. The van der Waals surface area contributed by atoms with E-state index >= 15 is 0 Å². The standard InChI is InChI=1S/C17H21N3O2/c1-19-16-6-2-5-14(16)15(18-19)11-20(17(21)12-7-8-12)10-13-4-3-9-22-13/h3-4,9,12H,2,5-8,10-11H2,1H3. The first-order valence-electron chi connectivity index (χ1n) is 8.07. The molecule has 4 rings (SSSR count). The summed E-state index contributed by atoms with van der Waals surface area (Å²) in [6, 6.07) is 3.80. The van der Waals surface area contributed by atoms with Gasteiger partial charge in [-0.1, -0.05) is 0 Å². The molecule has 2 aliphatic carbocycles. The molecule has 0 N–H and O–H groups in total. The van der Waals surface area contributed by atoms with Crippen LogP contribution in [0, 0.1) is 5.92 Å². The number of hydrogen-bond donors (Lipinski definition) is 0. The van der Waals surface area contributed by atoms with Gasteiger partial charge in [-0.05, 0) is 49.8 Å². The number of furan rings is 1. The molecule has 0 unspecified atom stereocenters. The quantitative estimate of drug-likeness (QED) is 0.852. The third kappa shape index (κ3) is 2.45. The van der Waals surface area contributed by atoms with Crippen LogP contribution in [-0.2, 0) is 37.8 Å². The lowest BCUT2D eigenvalue weighted by atomic mass is 10.2. The number of fused-ring (bicyclic) bond motifs is 1. The summed E-state index contributed by atoms with van der Waals surface area (Å²) in [4.78, 5) is 14.5. The third-order valence-corrected chi connectivity index (χ3v) is 4.70. The van der Waals surface area contributed by atoms with Gasteiger partial charge in [0.1, 0.15) is 5.76 Å². The first-order chi connectivity index (χ1) is 10.7. The average Bonchev–Trinajstić information content (AvgIpc) is 2.93. The largest absolute Gasteiger partial charge is 0.467 e. The third-order valence-electron chi connectivity index (χ3n) is 4.70. The van der Waals surface area contributed by atoms with Crippen molar-refractivity contribution in [3.8, 4) is 0 Å². The van der Waals surface area contributed by atoms with E-state index in [0.717, 1.165) is 37.1 Å². The van der Waals surface area contributed by atoms with Crippen molar-refractivity contribution in [1.82, 2.24) is 14.7 Å². The zero-order chi connectivity index (χ0) is 15.1. The van der Waals surface area contributed by atoms with Gasteiger partial charge in [0.2, 0.25) is 5.91 Å². The van der Waals surface area contributed by atoms with Gasteiger partial charge in [0, 0.05) is 18.7 Å². The molecule has 0 aromatic carbocycles. The van der Waals surface area contributed by atoms with Crippen molar-refractivity contribution in [2.24, 2.45) is 13.0 Å². The number of nitrogens with zero attached hydrogens (tertiary/aromatic N) is 3. The number of hydrogen-bond acceptors (Lipinski definition) is 3. The van der Waals surface area contributed by atoms with Crippen LogP contribution in [-0.4, -0.2) is 20.6 Å². The monoisotopic (exact) mass is 299 g/mol. The molecule has 2 aromatic rings. The Morgan fingerprint density at radius 1 is 1.41 bits per heavy atom. The minimum absolute atomic E-state index is 0.215. The zero-order valence-corrected chi connectivity index (χ0v) is 12.9. The Hall–Kier alpha value is -2.04. The number of carbonyl (C=O) groups is 1. The second-order valence-electron chi connectivity index (χ2n) is 6.40. The van der Waals surface area contributed by atoms with Gasteiger partial charge in [0.25, 0.3) is 0 Å². The van der Waals surface area contributed by atoms with Gasteiger partial charge in [-0.3, -0.25) is 9.48 Å². The fourth-order valence-electron chi connectivity index (χ4n) is 3.40. The minimum Gasteiger partial charge on any atom is -0.467 e. The van der Waals surface area contributed by atoms with Crippen LogP contribution in [0.25, 0.3) is 0 Å². The molecular weight excluding hydrogens is 278 g/mol. The van der Waals surface area contributed by atoms with E-state index in [0.29, 0.717) is 13.1 Å². The molecule has 0 aliphatic heterocycles. The maximum absolute atomic E-state index is 12.6. The summed E-state index contributed by atoms with van der Waals surface area (Å²) in [6.45, 7) is 1.13. The molecule has 2 aromatic heterocycles. The number of amides is 1. The second-order valence-corrected chi connectivity index (χ2v) is 6.40. The van der Waals surface area contributed by atoms with Crippen LogP contribution in [0.2, 0.25) is 0 Å². The van der Waals surface area contributed by atoms with E-state index < -0.39 is 0 Å². The van der Waals surface area contributed by atoms with Crippen molar-refractivity contribution in [2.75, 3.05) is 0 Å². The van der Waals surface area contributed by atoms with Gasteiger partial charge in [0.05, 0.1) is 25.0 Å². The van der Waals surface area contributed by atoms with E-state index in [1.807, 2.05) is 28.8 Å². The van der Waals surface area contributed by atoms with Crippen LogP contribution in [0.5, 0.6) is 0 Å². The molecule has 5 heteroatoms. The molecule has 0 saturated heterocycles. The van der Waals surface area contributed by atoms with Gasteiger partial charge in [-0.15, -0.1) is 0 Å². The molecule has 2 heterocycles. The lowest BCUT2D eigenvalue weighted by Gasteiger charge is -2.21. The molecule has 0 radical (unpaired) electrons. The second kappa shape index (κ2) is 5.30. The summed E-state index contributed by atoms with van der Waals surface area (Å²) >= 11 is 0. The fourth-order valence-corrected chi connectivity index (χ4v) is 3.40. The van der Waals surface area contributed by atoms with E-state index in [4.69, 9.17) is 4.42 Å². The topological polar surface area (TPSA) is 51.3 Å². The van der Waals surface area contributed by atoms with E-state index in [-0.39, 0.29) is 11.8 Å². The maximum Gasteiger partial charge on any atom is 0.226 e. The zero-order valence-electron chi connectivity index (χ0n) is 12.9. The van der Waals surface area contributed by atoms with Crippen molar-refractivity contribution >= 4 is 5.91 Å². The van der Waals surface area contributed by atoms with Crippen molar-refractivity contribution in [1.29, 1.82) is 0 Å². The molecule has 5 nitrogen and oxygen atoms in total. The van der Waals surface area contributed by atoms with Crippen LogP contribution in [0.1, 0.15) is 42.0 Å². The van der Waals surface area contributed by atoms with Gasteiger partial charge in [-0.2, -0.15) is 5.10 Å². The van der Waals surface area contributed by atoms with Crippen LogP contribution >= 0.6 is 0 Å². The Labute approximate surface area is 129 Å². The summed E-state index contributed by atoms with van der Waals surface area (Å²) in [5.41, 5.74) is 3.76. The van der Waals surface area contributed by atoms with Crippen molar-refractivity contribution in [3.05, 3.63) is 41.1 Å². The molecule has 0 spiro atoms. The predicted molar refractivity (Wildman–Crippen MR) is 80.9 cm³/mol. The van der Waals surface area contributed by atoms with Crippen molar-refractivity contribution in [2.45, 2.75) is 45.2 Å². The van der Waals surface area contributed by atoms with Crippen LogP contribution in [0.3, 0.4) is 0 Å². The van der Waals surface area contributed by atoms with Gasteiger partial charge in [-0.25, -0.2) is 0 Å². The van der Waals surface area contributed by atoms with Crippen LogP contribution in [0.4, 0.5) is 0 Å². The Morgan fingerprint density at radius 2 is 2.27 bits per heavy atom. The Balaban J connectivity index is 1.58. The predicted octanol–water partition coefficient (Wildman–Crippen LogP) is 2.44. The highest BCUT2D eigenvalue weighted by molar-refractivity contribution is 5.81. The highest BCUT2D eigenvalue weighted by Gasteiger charge is 2.34. The Kier molecular flexibility index (Phi) is 3.28. The smallest absolute Gasteiger partial charge is 0.226 e. The minimum atomic E-state index is 0.215. The van der Waals surface area contributed by atoms with E-state index in [1.54, 1.807) is 6.26 Å².